The van der Waals surface area contributed by atoms with Crippen LogP contribution in [0.5, 0.6) is 0 Å². The molecule has 0 spiro atoms. The normalized spacial score (nSPS) is 11.9. The van der Waals surface area contributed by atoms with Crippen molar-refractivity contribution >= 4 is 27.5 Å². The van der Waals surface area contributed by atoms with E-state index < -0.39 is 11.0 Å². The lowest BCUT2D eigenvalue weighted by Gasteiger charge is -2.09. The minimum Gasteiger partial charge on any atom is -0.392 e. The molecule has 1 unspecified atom stereocenters. The van der Waals surface area contributed by atoms with Crippen LogP contribution in [0, 0.1) is 10.1 Å². The fraction of sp³-hybridized carbons (Fsp3) is 0.417. The van der Waals surface area contributed by atoms with Crippen LogP contribution in [0.2, 0.25) is 0 Å². The first-order chi connectivity index (χ1) is 9.41. The van der Waals surface area contributed by atoms with Gasteiger partial charge in [-0.05, 0) is 28.9 Å². The van der Waals surface area contributed by atoms with Crippen molar-refractivity contribution in [2.24, 2.45) is 0 Å². The van der Waals surface area contributed by atoms with Crippen molar-refractivity contribution in [3.63, 3.8) is 0 Å². The standard InChI is InChI=1S/C12H16BrN3O4/c1-8(17)7-14-4-5-15-12(18)10-6-9(16(19)20)2-3-11(10)13/h2-3,6,8,14,17H,4-5,7H2,1H3,(H,15,18). The van der Waals surface area contributed by atoms with Gasteiger partial charge in [0, 0.05) is 36.2 Å². The lowest BCUT2D eigenvalue weighted by molar-refractivity contribution is -0.384. The van der Waals surface area contributed by atoms with E-state index >= 15 is 0 Å². The van der Waals surface area contributed by atoms with Gasteiger partial charge in [0.1, 0.15) is 0 Å². The van der Waals surface area contributed by atoms with Crippen molar-refractivity contribution in [2.45, 2.75) is 13.0 Å². The molecule has 0 aromatic heterocycles. The zero-order valence-corrected chi connectivity index (χ0v) is 12.5. The van der Waals surface area contributed by atoms with E-state index in [1.165, 1.54) is 18.2 Å². The molecule has 1 rings (SSSR count). The summed E-state index contributed by atoms with van der Waals surface area (Å²) >= 11 is 3.19. The highest BCUT2D eigenvalue weighted by Gasteiger charge is 2.14. The van der Waals surface area contributed by atoms with E-state index in [1.54, 1.807) is 6.92 Å². The van der Waals surface area contributed by atoms with Gasteiger partial charge < -0.3 is 15.7 Å². The number of aliphatic hydroxyl groups excluding tert-OH is 1. The van der Waals surface area contributed by atoms with Crippen molar-refractivity contribution in [2.75, 3.05) is 19.6 Å². The van der Waals surface area contributed by atoms with Crippen molar-refractivity contribution < 1.29 is 14.8 Å². The molecule has 1 atom stereocenters. The van der Waals surface area contributed by atoms with Gasteiger partial charge in [0.25, 0.3) is 11.6 Å². The second-order valence-corrected chi connectivity index (χ2v) is 5.08. The van der Waals surface area contributed by atoms with Crippen LogP contribution in [-0.2, 0) is 0 Å². The second-order valence-electron chi connectivity index (χ2n) is 4.23. The first kappa shape index (κ1) is 16.5. The molecule has 0 radical (unpaired) electrons. The zero-order valence-electron chi connectivity index (χ0n) is 10.9. The Bertz CT molecular complexity index is 494. The molecular formula is C12H16BrN3O4. The third-order valence-electron chi connectivity index (χ3n) is 2.43. The second kappa shape index (κ2) is 7.93. The maximum atomic E-state index is 11.9. The van der Waals surface area contributed by atoms with Crippen LogP contribution in [-0.4, -0.2) is 41.7 Å². The van der Waals surface area contributed by atoms with E-state index in [1.807, 2.05) is 0 Å². The lowest BCUT2D eigenvalue weighted by Crippen LogP contribution is -2.34. The van der Waals surface area contributed by atoms with E-state index in [-0.39, 0.29) is 17.2 Å². The number of hydrogen-bond acceptors (Lipinski definition) is 5. The highest BCUT2D eigenvalue weighted by atomic mass is 79.9. The molecule has 7 nitrogen and oxygen atoms in total. The lowest BCUT2D eigenvalue weighted by atomic mass is 10.2. The van der Waals surface area contributed by atoms with Gasteiger partial charge in [-0.25, -0.2) is 0 Å². The predicted octanol–water partition coefficient (Wildman–Crippen LogP) is 1.06. The molecule has 8 heteroatoms. The number of nitro groups is 1. The van der Waals surface area contributed by atoms with E-state index in [9.17, 15) is 14.9 Å². The number of nitrogens with zero attached hydrogens (tertiary/aromatic N) is 1. The number of halogens is 1. The minimum atomic E-state index is -0.548. The van der Waals surface area contributed by atoms with E-state index in [0.717, 1.165) is 0 Å². The average Bonchev–Trinajstić information content (AvgIpc) is 2.37. The molecule has 110 valence electrons. The van der Waals surface area contributed by atoms with E-state index in [2.05, 4.69) is 26.6 Å². The monoisotopic (exact) mass is 345 g/mol. The number of nitro benzene ring substituents is 1. The summed E-state index contributed by atoms with van der Waals surface area (Å²) in [5.41, 5.74) is 0.0836. The molecule has 0 aliphatic carbocycles. The number of nitrogens with one attached hydrogen (secondary N) is 2. The summed E-state index contributed by atoms with van der Waals surface area (Å²) in [5.74, 6) is -0.389. The third-order valence-corrected chi connectivity index (χ3v) is 3.12. The number of rotatable bonds is 7. The van der Waals surface area contributed by atoms with Gasteiger partial charge in [-0.2, -0.15) is 0 Å². The molecule has 0 saturated heterocycles. The quantitative estimate of drug-likeness (QED) is 0.389. The van der Waals surface area contributed by atoms with Gasteiger partial charge in [0.2, 0.25) is 0 Å². The van der Waals surface area contributed by atoms with Crippen LogP contribution in [0.15, 0.2) is 22.7 Å². The highest BCUT2D eigenvalue weighted by Crippen LogP contribution is 2.22. The number of hydrogen-bond donors (Lipinski definition) is 3. The van der Waals surface area contributed by atoms with Gasteiger partial charge in [-0.1, -0.05) is 0 Å². The Labute approximate surface area is 124 Å². The summed E-state index contributed by atoms with van der Waals surface area (Å²) in [6.45, 7) is 2.96. The van der Waals surface area contributed by atoms with E-state index in [4.69, 9.17) is 5.11 Å². The Morgan fingerprint density at radius 2 is 2.20 bits per heavy atom. The maximum absolute atomic E-state index is 11.9. The summed E-state index contributed by atoms with van der Waals surface area (Å²) in [7, 11) is 0. The van der Waals surface area contributed by atoms with Crippen LogP contribution < -0.4 is 10.6 Å². The number of carbonyl (C=O) groups is 1. The van der Waals surface area contributed by atoms with Gasteiger partial charge >= 0.3 is 0 Å². The first-order valence-corrected chi connectivity index (χ1v) is 6.82. The molecular weight excluding hydrogens is 330 g/mol. The molecule has 0 fully saturated rings. The Morgan fingerprint density at radius 1 is 1.50 bits per heavy atom. The van der Waals surface area contributed by atoms with Crippen LogP contribution >= 0.6 is 15.9 Å². The summed E-state index contributed by atoms with van der Waals surface area (Å²) in [6, 6.07) is 4.02. The Hall–Kier alpha value is -1.51. The number of aliphatic hydroxyl groups is 1. The molecule has 1 amide bonds. The fourth-order valence-corrected chi connectivity index (χ4v) is 1.90. The number of benzene rings is 1. The Balaban J connectivity index is 2.55. The number of carbonyl (C=O) groups excluding carboxylic acids is 1. The first-order valence-electron chi connectivity index (χ1n) is 6.02. The molecule has 20 heavy (non-hydrogen) atoms. The van der Waals surface area contributed by atoms with Crippen LogP contribution in [0.3, 0.4) is 0 Å². The summed E-state index contributed by atoms with van der Waals surface area (Å²) < 4.78 is 0.498. The maximum Gasteiger partial charge on any atom is 0.270 e. The van der Waals surface area contributed by atoms with Crippen LogP contribution in [0.25, 0.3) is 0 Å². The molecule has 0 aliphatic heterocycles. The molecule has 0 bridgehead atoms. The number of non-ortho nitro benzene ring substituents is 1. The SMILES string of the molecule is CC(O)CNCCNC(=O)c1cc([N+](=O)[O-])ccc1Br. The fourth-order valence-electron chi connectivity index (χ4n) is 1.47. The highest BCUT2D eigenvalue weighted by molar-refractivity contribution is 9.10. The van der Waals surface area contributed by atoms with Crippen molar-refractivity contribution in [1.82, 2.24) is 10.6 Å². The van der Waals surface area contributed by atoms with E-state index in [0.29, 0.717) is 24.1 Å². The molecule has 1 aromatic rings. The third kappa shape index (κ3) is 5.24. The largest absolute Gasteiger partial charge is 0.392 e. The summed E-state index contributed by atoms with van der Waals surface area (Å²) in [5, 5.41) is 25.3. The average molecular weight is 346 g/mol. The predicted molar refractivity (Wildman–Crippen MR) is 77.7 cm³/mol. The van der Waals surface area contributed by atoms with Crippen LogP contribution in [0.4, 0.5) is 5.69 Å². The Kier molecular flexibility index (Phi) is 6.56. The zero-order chi connectivity index (χ0) is 15.1. The molecule has 0 aliphatic rings. The van der Waals surface area contributed by atoms with Gasteiger partial charge in [-0.3, -0.25) is 14.9 Å². The molecule has 0 heterocycles. The van der Waals surface area contributed by atoms with Gasteiger partial charge in [0.15, 0.2) is 0 Å². The smallest absolute Gasteiger partial charge is 0.270 e. The molecule has 0 saturated carbocycles. The molecule has 1 aromatic carbocycles. The van der Waals surface area contributed by atoms with Crippen LogP contribution in [0.1, 0.15) is 17.3 Å². The summed E-state index contributed by atoms with van der Waals surface area (Å²) in [4.78, 5) is 22.0. The van der Waals surface area contributed by atoms with Gasteiger partial charge in [-0.15, -0.1) is 0 Å². The van der Waals surface area contributed by atoms with Crippen molar-refractivity contribution in [3.05, 3.63) is 38.3 Å². The van der Waals surface area contributed by atoms with Crippen molar-refractivity contribution in [3.8, 4) is 0 Å². The minimum absolute atomic E-state index is 0.134. The van der Waals surface area contributed by atoms with Gasteiger partial charge in [0.05, 0.1) is 16.6 Å². The topological polar surface area (TPSA) is 104 Å². The summed E-state index contributed by atoms with van der Waals surface area (Å²) in [6.07, 6.45) is -0.448. The Morgan fingerprint density at radius 3 is 2.80 bits per heavy atom. The van der Waals surface area contributed by atoms with Crippen molar-refractivity contribution in [1.29, 1.82) is 0 Å². The number of amides is 1. The molecule has 3 N–H and O–H groups in total.